The average molecular weight is 263 g/mol. The molecule has 2 aromatic heterocycles. The lowest BCUT2D eigenvalue weighted by Gasteiger charge is -2.04. The molecule has 2 heterocycles. The van der Waals surface area contributed by atoms with Gasteiger partial charge in [0.25, 0.3) is 0 Å². The van der Waals surface area contributed by atoms with Gasteiger partial charge in [0.15, 0.2) is 5.82 Å². The Hall–Kier alpha value is -1.88. The lowest BCUT2D eigenvalue weighted by atomic mass is 10.2. The van der Waals surface area contributed by atoms with Crippen LogP contribution in [0.15, 0.2) is 29.1 Å². The summed E-state index contributed by atoms with van der Waals surface area (Å²) in [5.74, 6) is 1.77. The van der Waals surface area contributed by atoms with Crippen LogP contribution in [0.5, 0.6) is 0 Å². The van der Waals surface area contributed by atoms with Crippen LogP contribution in [0, 0.1) is 6.92 Å². The SMILES string of the molecule is Cc1ccc2nc(CCl)n(Cc3ncon3)c2c1. The Balaban J connectivity index is 2.15. The van der Waals surface area contributed by atoms with E-state index in [-0.39, 0.29) is 0 Å². The zero-order valence-electron chi connectivity index (χ0n) is 9.80. The summed E-state index contributed by atoms with van der Waals surface area (Å²) in [5, 5.41) is 3.82. The summed E-state index contributed by atoms with van der Waals surface area (Å²) in [6, 6.07) is 6.11. The number of alkyl halides is 1. The smallest absolute Gasteiger partial charge is 0.213 e. The molecule has 6 heteroatoms. The molecule has 1 aromatic carbocycles. The third-order valence-electron chi connectivity index (χ3n) is 2.81. The fraction of sp³-hybridized carbons (Fsp3) is 0.250. The predicted molar refractivity (Wildman–Crippen MR) is 67.4 cm³/mol. The molecule has 0 spiro atoms. The second kappa shape index (κ2) is 4.42. The lowest BCUT2D eigenvalue weighted by Crippen LogP contribution is -2.05. The molecule has 0 atom stereocenters. The van der Waals surface area contributed by atoms with E-state index in [9.17, 15) is 0 Å². The number of fused-ring (bicyclic) bond motifs is 1. The van der Waals surface area contributed by atoms with E-state index in [1.54, 1.807) is 0 Å². The fourth-order valence-electron chi connectivity index (χ4n) is 1.96. The number of nitrogens with zero attached hydrogens (tertiary/aromatic N) is 4. The molecule has 0 radical (unpaired) electrons. The Morgan fingerprint density at radius 1 is 1.39 bits per heavy atom. The van der Waals surface area contributed by atoms with E-state index in [2.05, 4.69) is 21.2 Å². The molecule has 3 aromatic rings. The van der Waals surface area contributed by atoms with E-state index in [0.717, 1.165) is 16.9 Å². The van der Waals surface area contributed by atoms with E-state index in [0.29, 0.717) is 18.2 Å². The van der Waals surface area contributed by atoms with Crippen LogP contribution in [0.1, 0.15) is 17.2 Å². The molecule has 0 aliphatic rings. The van der Waals surface area contributed by atoms with Crippen molar-refractivity contribution < 1.29 is 4.52 Å². The maximum Gasteiger partial charge on any atom is 0.213 e. The maximum atomic E-state index is 5.94. The molecule has 0 aliphatic heterocycles. The van der Waals surface area contributed by atoms with Crippen LogP contribution in [0.25, 0.3) is 11.0 Å². The average Bonchev–Trinajstić information content (AvgIpc) is 2.98. The lowest BCUT2D eigenvalue weighted by molar-refractivity contribution is 0.408. The van der Waals surface area contributed by atoms with Gasteiger partial charge < -0.3 is 9.09 Å². The summed E-state index contributed by atoms with van der Waals surface area (Å²) in [6.07, 6.45) is 1.32. The van der Waals surface area contributed by atoms with Crippen molar-refractivity contribution in [2.45, 2.75) is 19.3 Å². The zero-order valence-corrected chi connectivity index (χ0v) is 10.6. The summed E-state index contributed by atoms with van der Waals surface area (Å²) in [7, 11) is 0. The molecule has 0 aliphatic carbocycles. The molecule has 18 heavy (non-hydrogen) atoms. The standard InChI is InChI=1S/C12H11ClN4O/c1-8-2-3-9-10(4-8)17(12(5-13)15-9)6-11-14-7-18-16-11/h2-4,7H,5-6H2,1H3. The van der Waals surface area contributed by atoms with Crippen molar-refractivity contribution in [3.05, 3.63) is 41.8 Å². The fourth-order valence-corrected chi connectivity index (χ4v) is 2.17. The summed E-state index contributed by atoms with van der Waals surface area (Å²) in [5.41, 5.74) is 3.15. The van der Waals surface area contributed by atoms with Crippen LogP contribution in [0.3, 0.4) is 0 Å². The molecule has 0 N–H and O–H groups in total. The van der Waals surface area contributed by atoms with E-state index in [1.807, 2.05) is 23.6 Å². The number of benzene rings is 1. The topological polar surface area (TPSA) is 56.7 Å². The number of imidazole rings is 1. The normalized spacial score (nSPS) is 11.2. The minimum Gasteiger partial charge on any atom is -0.343 e. The van der Waals surface area contributed by atoms with E-state index in [1.165, 1.54) is 12.0 Å². The number of rotatable bonds is 3. The van der Waals surface area contributed by atoms with Gasteiger partial charge in [-0.25, -0.2) is 4.98 Å². The Morgan fingerprint density at radius 3 is 3.00 bits per heavy atom. The Labute approximate surface area is 108 Å². The number of aryl methyl sites for hydroxylation is 1. The van der Waals surface area contributed by atoms with Crippen molar-refractivity contribution in [3.63, 3.8) is 0 Å². The largest absolute Gasteiger partial charge is 0.343 e. The van der Waals surface area contributed by atoms with Crippen molar-refractivity contribution >= 4 is 22.6 Å². The summed E-state index contributed by atoms with van der Waals surface area (Å²) >= 11 is 5.94. The van der Waals surface area contributed by atoms with Gasteiger partial charge in [-0.1, -0.05) is 11.2 Å². The molecule has 5 nitrogen and oxygen atoms in total. The van der Waals surface area contributed by atoms with Gasteiger partial charge in [-0.2, -0.15) is 4.98 Å². The van der Waals surface area contributed by atoms with E-state index >= 15 is 0 Å². The van der Waals surface area contributed by atoms with Crippen LogP contribution in [-0.4, -0.2) is 19.7 Å². The first kappa shape index (κ1) is 11.2. The molecule has 0 fully saturated rings. The van der Waals surface area contributed by atoms with Gasteiger partial charge in [-0.15, -0.1) is 11.6 Å². The Kier molecular flexibility index (Phi) is 2.76. The van der Waals surface area contributed by atoms with Crippen molar-refractivity contribution in [1.29, 1.82) is 0 Å². The quantitative estimate of drug-likeness (QED) is 0.681. The highest BCUT2D eigenvalue weighted by Gasteiger charge is 2.12. The third kappa shape index (κ3) is 1.86. The first-order valence-corrected chi connectivity index (χ1v) is 6.08. The van der Waals surface area contributed by atoms with Crippen molar-refractivity contribution in [2.24, 2.45) is 0 Å². The van der Waals surface area contributed by atoms with Crippen LogP contribution >= 0.6 is 11.6 Å². The Morgan fingerprint density at radius 2 is 2.28 bits per heavy atom. The van der Waals surface area contributed by atoms with Gasteiger partial charge in [-0.3, -0.25) is 0 Å². The van der Waals surface area contributed by atoms with Gasteiger partial charge in [0.05, 0.1) is 23.5 Å². The summed E-state index contributed by atoms with van der Waals surface area (Å²) in [6.45, 7) is 2.56. The molecule has 0 amide bonds. The van der Waals surface area contributed by atoms with Crippen molar-refractivity contribution in [3.8, 4) is 0 Å². The third-order valence-corrected chi connectivity index (χ3v) is 3.05. The second-order valence-electron chi connectivity index (χ2n) is 4.09. The Bertz CT molecular complexity index is 675. The first-order valence-electron chi connectivity index (χ1n) is 5.55. The number of halogens is 1. The minimum atomic E-state index is 0.353. The van der Waals surface area contributed by atoms with Gasteiger partial charge in [0.1, 0.15) is 5.82 Å². The summed E-state index contributed by atoms with van der Waals surface area (Å²) < 4.78 is 6.76. The number of hydrogen-bond acceptors (Lipinski definition) is 4. The van der Waals surface area contributed by atoms with Crippen LogP contribution in [-0.2, 0) is 12.4 Å². The molecule has 0 saturated carbocycles. The highest BCUT2D eigenvalue weighted by atomic mass is 35.5. The molecule has 92 valence electrons. The highest BCUT2D eigenvalue weighted by molar-refractivity contribution is 6.16. The molecule has 0 saturated heterocycles. The monoisotopic (exact) mass is 262 g/mol. The van der Waals surface area contributed by atoms with Gasteiger partial charge in [0.2, 0.25) is 6.39 Å². The van der Waals surface area contributed by atoms with Gasteiger partial charge >= 0.3 is 0 Å². The van der Waals surface area contributed by atoms with Gasteiger partial charge in [-0.05, 0) is 24.6 Å². The molecular weight excluding hydrogens is 252 g/mol. The maximum absolute atomic E-state index is 5.94. The second-order valence-corrected chi connectivity index (χ2v) is 4.35. The molecule has 0 bridgehead atoms. The molecule has 3 rings (SSSR count). The molecule has 0 unspecified atom stereocenters. The highest BCUT2D eigenvalue weighted by Crippen LogP contribution is 2.19. The molecular formula is C12H11ClN4O. The number of hydrogen-bond donors (Lipinski definition) is 0. The van der Waals surface area contributed by atoms with E-state index in [4.69, 9.17) is 16.1 Å². The summed E-state index contributed by atoms with van der Waals surface area (Å²) in [4.78, 5) is 8.52. The van der Waals surface area contributed by atoms with Crippen LogP contribution < -0.4 is 0 Å². The van der Waals surface area contributed by atoms with E-state index < -0.39 is 0 Å². The van der Waals surface area contributed by atoms with Crippen molar-refractivity contribution in [1.82, 2.24) is 19.7 Å². The first-order chi connectivity index (χ1) is 8.78. The minimum absolute atomic E-state index is 0.353. The van der Waals surface area contributed by atoms with Gasteiger partial charge in [0, 0.05) is 0 Å². The predicted octanol–water partition coefficient (Wildman–Crippen LogP) is 2.51. The van der Waals surface area contributed by atoms with Crippen LogP contribution in [0.2, 0.25) is 0 Å². The number of aromatic nitrogens is 4. The zero-order chi connectivity index (χ0) is 12.5. The van der Waals surface area contributed by atoms with Crippen molar-refractivity contribution in [2.75, 3.05) is 0 Å². The van der Waals surface area contributed by atoms with Crippen LogP contribution in [0.4, 0.5) is 0 Å².